The highest BCUT2D eigenvalue weighted by Gasteiger charge is 2.08. The standard InChI is InChI=1S/C51H48N8O8/c60-34-54-42-15-3-36(4-16-42)31-40-11-23-46(24-12-40)58-50(64)66-29-1-27-52-48(62)56-44-19-7-38(8-20-44)33-39-9-21-45(22-10-39)57-49(63)53-28-2-30-67-51(65)59-47-25-13-41(14-26-47)32-37-5-17-43(18-6-37)55-35-61/h3-26H,1-2,27-33H2,(H,58,64)(H,59,65)(H2,52,56,62)(H2,53,57,63). The van der Waals surface area contributed by atoms with E-state index in [-0.39, 0.29) is 25.3 Å². The Hall–Kier alpha value is -8.84. The quantitative estimate of drug-likeness (QED) is 0.0246. The first-order valence-electron chi connectivity index (χ1n) is 21.4. The zero-order valence-corrected chi connectivity index (χ0v) is 36.4. The number of urea groups is 2. The van der Waals surface area contributed by atoms with Gasteiger partial charge >= 0.3 is 24.2 Å². The predicted molar refractivity (Wildman–Crippen MR) is 256 cm³/mol. The maximum absolute atomic E-state index is 12.4. The van der Waals surface area contributed by atoms with Gasteiger partial charge in [0.2, 0.25) is 12.2 Å². The molecule has 0 aliphatic rings. The summed E-state index contributed by atoms with van der Waals surface area (Å²) < 4.78 is 10.5. The number of anilines is 4. The molecule has 0 radical (unpaired) electrons. The minimum atomic E-state index is -0.592. The molecule has 0 saturated carbocycles. The summed E-state index contributed by atoms with van der Waals surface area (Å²) in [6, 6.07) is 43.5. The van der Waals surface area contributed by atoms with Gasteiger partial charge in [-0.05, 0) is 138 Å². The summed E-state index contributed by atoms with van der Waals surface area (Å²) in [5, 5.41) is 16.5. The van der Waals surface area contributed by atoms with Gasteiger partial charge in [0.05, 0.1) is 24.6 Å². The highest BCUT2D eigenvalue weighted by atomic mass is 16.6. The zero-order valence-electron chi connectivity index (χ0n) is 36.4. The van der Waals surface area contributed by atoms with E-state index in [4.69, 9.17) is 9.47 Å². The van der Waals surface area contributed by atoms with Gasteiger partial charge in [-0.1, -0.05) is 72.8 Å². The van der Waals surface area contributed by atoms with E-state index in [9.17, 15) is 28.8 Å². The third-order valence-electron chi connectivity index (χ3n) is 9.95. The van der Waals surface area contributed by atoms with Crippen LogP contribution in [0.15, 0.2) is 156 Å². The molecule has 0 heterocycles. The van der Waals surface area contributed by atoms with Gasteiger partial charge in [-0.2, -0.15) is 9.98 Å². The van der Waals surface area contributed by atoms with Crippen LogP contribution in [0.25, 0.3) is 0 Å². The Morgan fingerprint density at radius 1 is 0.388 bits per heavy atom. The molecular formula is C51H48N8O8. The van der Waals surface area contributed by atoms with E-state index in [1.165, 1.54) is 12.2 Å². The molecular weight excluding hydrogens is 853 g/mol. The van der Waals surface area contributed by atoms with Crippen LogP contribution in [0.5, 0.6) is 0 Å². The van der Waals surface area contributed by atoms with Crippen molar-refractivity contribution < 1.29 is 38.2 Å². The molecule has 0 saturated heterocycles. The molecule has 6 aromatic rings. The molecule has 0 unspecified atom stereocenters. The van der Waals surface area contributed by atoms with Crippen molar-refractivity contribution in [1.29, 1.82) is 0 Å². The van der Waals surface area contributed by atoms with Crippen LogP contribution in [0.4, 0.5) is 53.3 Å². The summed E-state index contributed by atoms with van der Waals surface area (Å²) >= 11 is 0. The van der Waals surface area contributed by atoms with Crippen molar-refractivity contribution in [2.24, 2.45) is 9.98 Å². The van der Waals surface area contributed by atoms with Crippen LogP contribution >= 0.6 is 0 Å². The largest absolute Gasteiger partial charge is 0.449 e. The molecule has 0 aromatic heterocycles. The molecule has 0 spiro atoms. The molecule has 6 rings (SSSR count). The maximum atomic E-state index is 12.4. The van der Waals surface area contributed by atoms with Crippen molar-refractivity contribution in [3.63, 3.8) is 0 Å². The number of nitrogens with zero attached hydrogens (tertiary/aromatic N) is 2. The topological polar surface area (TPSA) is 218 Å². The van der Waals surface area contributed by atoms with Gasteiger partial charge in [0.15, 0.2) is 0 Å². The van der Waals surface area contributed by atoms with Crippen molar-refractivity contribution in [3.05, 3.63) is 179 Å². The third-order valence-corrected chi connectivity index (χ3v) is 9.95. The van der Waals surface area contributed by atoms with Gasteiger partial charge in [0.25, 0.3) is 0 Å². The highest BCUT2D eigenvalue weighted by molar-refractivity contribution is 5.90. The van der Waals surface area contributed by atoms with Gasteiger partial charge in [-0.15, -0.1) is 0 Å². The number of benzene rings is 6. The van der Waals surface area contributed by atoms with E-state index >= 15 is 0 Å². The molecule has 67 heavy (non-hydrogen) atoms. The second-order valence-corrected chi connectivity index (χ2v) is 15.0. The molecule has 0 fully saturated rings. The number of carbonyl (C=O) groups is 4. The van der Waals surface area contributed by atoms with Crippen LogP contribution in [0, 0.1) is 0 Å². The van der Waals surface area contributed by atoms with Gasteiger partial charge in [-0.3, -0.25) is 10.6 Å². The SMILES string of the molecule is O=C=Nc1ccc(Cc2ccc(NC(=O)OCCCNC(=O)Nc3ccc(Cc4ccc(NC(=O)NCCCOC(=O)Nc5ccc(Cc6ccc(N=C=O)cc6)cc5)cc4)cc3)cc2)cc1. The van der Waals surface area contributed by atoms with E-state index < -0.39 is 12.2 Å². The second-order valence-electron chi connectivity index (χ2n) is 15.0. The van der Waals surface area contributed by atoms with Crippen molar-refractivity contribution in [3.8, 4) is 0 Å². The number of carbonyl (C=O) groups excluding carboxylic acids is 6. The van der Waals surface area contributed by atoms with Crippen LogP contribution in [0.3, 0.4) is 0 Å². The predicted octanol–water partition coefficient (Wildman–Crippen LogP) is 9.91. The Labute approximate surface area is 386 Å². The van der Waals surface area contributed by atoms with Crippen molar-refractivity contribution in [2.75, 3.05) is 47.6 Å². The molecule has 16 heteroatoms. The molecule has 340 valence electrons. The Bertz CT molecular complexity index is 2480. The molecule has 0 atom stereocenters. The van der Waals surface area contributed by atoms with Gasteiger partial charge in [0, 0.05) is 35.8 Å². The summed E-state index contributed by atoms with van der Waals surface area (Å²) in [4.78, 5) is 77.3. The number of nitrogens with one attached hydrogen (secondary N) is 6. The summed E-state index contributed by atoms with van der Waals surface area (Å²) in [6.07, 6.45) is 4.70. The Morgan fingerprint density at radius 3 is 0.940 bits per heavy atom. The van der Waals surface area contributed by atoms with Gasteiger partial charge in [0.1, 0.15) is 0 Å². The van der Waals surface area contributed by atoms with E-state index in [1.54, 1.807) is 48.5 Å². The minimum Gasteiger partial charge on any atom is -0.449 e. The number of hydrogen-bond donors (Lipinski definition) is 6. The van der Waals surface area contributed by atoms with Crippen molar-refractivity contribution in [2.45, 2.75) is 32.1 Å². The van der Waals surface area contributed by atoms with E-state index in [2.05, 4.69) is 41.9 Å². The Balaban J connectivity index is 0.784. The van der Waals surface area contributed by atoms with Gasteiger partial charge < -0.3 is 30.7 Å². The Morgan fingerprint density at radius 2 is 0.657 bits per heavy atom. The maximum Gasteiger partial charge on any atom is 0.411 e. The highest BCUT2D eigenvalue weighted by Crippen LogP contribution is 2.20. The number of aliphatic imine (C=N–C) groups is 2. The first kappa shape index (κ1) is 47.6. The summed E-state index contributed by atoms with van der Waals surface area (Å²) in [6.45, 7) is 0.840. The van der Waals surface area contributed by atoms with Crippen LogP contribution < -0.4 is 31.9 Å². The molecule has 0 bridgehead atoms. The average molecular weight is 901 g/mol. The second kappa shape index (κ2) is 25.5. The molecule has 0 aliphatic carbocycles. The summed E-state index contributed by atoms with van der Waals surface area (Å²) in [5.74, 6) is 0. The normalized spacial score (nSPS) is 10.3. The lowest BCUT2D eigenvalue weighted by molar-refractivity contribution is 0.159. The lowest BCUT2D eigenvalue weighted by atomic mass is 10.0. The lowest BCUT2D eigenvalue weighted by Crippen LogP contribution is -2.30. The van der Waals surface area contributed by atoms with Crippen LogP contribution in [0.2, 0.25) is 0 Å². The number of rotatable bonds is 20. The van der Waals surface area contributed by atoms with Crippen LogP contribution in [-0.4, -0.2) is 62.7 Å². The fraction of sp³-hybridized carbons (Fsp3) is 0.176. The fourth-order valence-electron chi connectivity index (χ4n) is 6.55. The van der Waals surface area contributed by atoms with Crippen LogP contribution in [0.1, 0.15) is 46.2 Å². The minimum absolute atomic E-state index is 0.118. The first-order valence-corrected chi connectivity index (χ1v) is 21.4. The molecule has 6 aromatic carbocycles. The van der Waals surface area contributed by atoms with E-state index in [1.807, 2.05) is 97.1 Å². The molecule has 0 aliphatic heterocycles. The molecule has 6 amide bonds. The monoisotopic (exact) mass is 900 g/mol. The number of hydrogen-bond acceptors (Lipinski definition) is 10. The van der Waals surface area contributed by atoms with Crippen molar-refractivity contribution >= 4 is 70.5 Å². The number of ether oxygens (including phenoxy) is 2. The van der Waals surface area contributed by atoms with E-state index in [0.29, 0.717) is 79.3 Å². The number of isocyanates is 2. The molecule has 16 nitrogen and oxygen atoms in total. The van der Waals surface area contributed by atoms with Gasteiger partial charge in [-0.25, -0.2) is 28.8 Å². The first-order chi connectivity index (χ1) is 32.7. The third kappa shape index (κ3) is 17.0. The average Bonchev–Trinajstić information content (AvgIpc) is 3.33. The summed E-state index contributed by atoms with van der Waals surface area (Å²) in [5.41, 5.74) is 9.77. The Kier molecular flexibility index (Phi) is 18.1. The lowest BCUT2D eigenvalue weighted by Gasteiger charge is -2.10. The molecule has 6 N–H and O–H groups in total. The van der Waals surface area contributed by atoms with Crippen molar-refractivity contribution in [1.82, 2.24) is 10.6 Å². The summed E-state index contributed by atoms with van der Waals surface area (Å²) in [7, 11) is 0. The van der Waals surface area contributed by atoms with E-state index in [0.717, 1.165) is 33.4 Å². The fourth-order valence-corrected chi connectivity index (χ4v) is 6.55. The number of amides is 6. The smallest absolute Gasteiger partial charge is 0.411 e. The zero-order chi connectivity index (χ0) is 47.1. The van der Waals surface area contributed by atoms with Crippen LogP contribution in [-0.2, 0) is 38.3 Å².